The molecule has 0 fully saturated rings. The average Bonchev–Trinajstić information content (AvgIpc) is 2.06. The minimum atomic E-state index is 0.0831. The molecule has 0 radical (unpaired) electrons. The SMILES string of the molecule is C=CC(=O)C/C=C\CC.CCO. The van der Waals surface area contributed by atoms with Gasteiger partial charge in [0.05, 0.1) is 0 Å². The van der Waals surface area contributed by atoms with E-state index in [1.54, 1.807) is 6.92 Å². The summed E-state index contributed by atoms with van der Waals surface area (Å²) >= 11 is 0. The maximum atomic E-state index is 10.5. The Balaban J connectivity index is 0. The zero-order valence-electron chi connectivity index (χ0n) is 7.92. The number of carbonyl (C=O) groups is 1. The molecule has 70 valence electrons. The van der Waals surface area contributed by atoms with Crippen molar-refractivity contribution in [3.05, 3.63) is 24.8 Å². The van der Waals surface area contributed by atoms with Crippen molar-refractivity contribution in [2.24, 2.45) is 0 Å². The Morgan fingerprint density at radius 1 is 1.42 bits per heavy atom. The molecule has 0 aliphatic rings. The molecule has 12 heavy (non-hydrogen) atoms. The topological polar surface area (TPSA) is 37.3 Å². The third-order valence-corrected chi connectivity index (χ3v) is 0.949. The van der Waals surface area contributed by atoms with E-state index in [0.717, 1.165) is 6.42 Å². The van der Waals surface area contributed by atoms with Gasteiger partial charge >= 0.3 is 0 Å². The number of aliphatic hydroxyl groups excluding tert-OH is 1. The molecule has 0 bridgehead atoms. The second-order valence-electron chi connectivity index (χ2n) is 2.07. The van der Waals surface area contributed by atoms with Crippen molar-refractivity contribution in [2.45, 2.75) is 26.7 Å². The molecule has 0 unspecified atom stereocenters. The maximum Gasteiger partial charge on any atom is 0.158 e. The van der Waals surface area contributed by atoms with Gasteiger partial charge in [-0.25, -0.2) is 0 Å². The van der Waals surface area contributed by atoms with Gasteiger partial charge in [0.1, 0.15) is 0 Å². The van der Waals surface area contributed by atoms with Gasteiger partial charge in [-0.1, -0.05) is 25.7 Å². The number of hydrogen-bond donors (Lipinski definition) is 1. The van der Waals surface area contributed by atoms with Gasteiger partial charge in [0.2, 0.25) is 0 Å². The quantitative estimate of drug-likeness (QED) is 0.518. The highest BCUT2D eigenvalue weighted by molar-refractivity contribution is 5.90. The van der Waals surface area contributed by atoms with Crippen LogP contribution in [0.25, 0.3) is 0 Å². The Kier molecular flexibility index (Phi) is 14.5. The summed E-state index contributed by atoms with van der Waals surface area (Å²) < 4.78 is 0. The lowest BCUT2D eigenvalue weighted by molar-refractivity contribution is -0.113. The lowest BCUT2D eigenvalue weighted by Gasteiger charge is -1.82. The standard InChI is InChI=1S/C8H12O.C2H6O/c1-3-5-6-7-8(9)4-2;1-2-3/h4-6H,2-3,7H2,1H3;3H,2H2,1H3/b6-5-;. The highest BCUT2D eigenvalue weighted by Crippen LogP contribution is 1.87. The van der Waals surface area contributed by atoms with E-state index in [0.29, 0.717) is 6.42 Å². The molecule has 0 aromatic heterocycles. The minimum Gasteiger partial charge on any atom is -0.397 e. The van der Waals surface area contributed by atoms with Gasteiger partial charge in [-0.3, -0.25) is 4.79 Å². The van der Waals surface area contributed by atoms with Gasteiger partial charge in [0, 0.05) is 13.0 Å². The third kappa shape index (κ3) is 16.1. The van der Waals surface area contributed by atoms with Crippen LogP contribution in [0.1, 0.15) is 26.7 Å². The third-order valence-electron chi connectivity index (χ3n) is 0.949. The number of aliphatic hydroxyl groups is 1. The number of carbonyl (C=O) groups excluding carboxylic acids is 1. The molecule has 1 N–H and O–H groups in total. The molecule has 0 amide bonds. The van der Waals surface area contributed by atoms with Crippen molar-refractivity contribution in [1.82, 2.24) is 0 Å². The van der Waals surface area contributed by atoms with Gasteiger partial charge in [-0.2, -0.15) is 0 Å². The first-order valence-electron chi connectivity index (χ1n) is 4.13. The number of allylic oxidation sites excluding steroid dienone is 3. The van der Waals surface area contributed by atoms with Crippen molar-refractivity contribution in [2.75, 3.05) is 6.61 Å². The van der Waals surface area contributed by atoms with Crippen LogP contribution in [-0.2, 0) is 4.79 Å². The van der Waals surface area contributed by atoms with E-state index >= 15 is 0 Å². The van der Waals surface area contributed by atoms with Crippen LogP contribution in [-0.4, -0.2) is 17.5 Å². The molecule has 2 heteroatoms. The number of rotatable bonds is 4. The summed E-state index contributed by atoms with van der Waals surface area (Å²) in [6.45, 7) is 7.32. The van der Waals surface area contributed by atoms with E-state index < -0.39 is 0 Å². The first-order valence-corrected chi connectivity index (χ1v) is 4.13. The van der Waals surface area contributed by atoms with Gasteiger partial charge in [0.25, 0.3) is 0 Å². The zero-order chi connectivity index (χ0) is 9.82. The predicted molar refractivity (Wildman–Crippen MR) is 52.0 cm³/mol. The van der Waals surface area contributed by atoms with Crippen molar-refractivity contribution in [1.29, 1.82) is 0 Å². The van der Waals surface area contributed by atoms with E-state index in [4.69, 9.17) is 5.11 Å². The fraction of sp³-hybridized carbons (Fsp3) is 0.500. The van der Waals surface area contributed by atoms with Gasteiger partial charge in [-0.15, -0.1) is 0 Å². The Bertz CT molecular complexity index is 137. The molecule has 0 aliphatic heterocycles. The summed E-state index contributed by atoms with van der Waals surface area (Å²) in [6, 6.07) is 0. The first kappa shape index (κ1) is 13.7. The molecule has 0 saturated carbocycles. The van der Waals surface area contributed by atoms with Crippen LogP contribution in [0, 0.1) is 0 Å². The summed E-state index contributed by atoms with van der Waals surface area (Å²) in [6.07, 6.45) is 6.67. The Morgan fingerprint density at radius 2 is 1.92 bits per heavy atom. The van der Waals surface area contributed by atoms with Crippen LogP contribution in [0.5, 0.6) is 0 Å². The number of hydrogen-bond acceptors (Lipinski definition) is 2. The van der Waals surface area contributed by atoms with E-state index in [2.05, 4.69) is 6.58 Å². The Morgan fingerprint density at radius 3 is 2.25 bits per heavy atom. The normalized spacial score (nSPS) is 8.92. The van der Waals surface area contributed by atoms with Crippen LogP contribution in [0.4, 0.5) is 0 Å². The smallest absolute Gasteiger partial charge is 0.158 e. The van der Waals surface area contributed by atoms with Crippen LogP contribution >= 0.6 is 0 Å². The molecule has 0 aromatic rings. The van der Waals surface area contributed by atoms with E-state index in [1.807, 2.05) is 19.1 Å². The predicted octanol–water partition coefficient (Wildman–Crippen LogP) is 2.10. The van der Waals surface area contributed by atoms with Crippen LogP contribution in [0.15, 0.2) is 24.8 Å². The van der Waals surface area contributed by atoms with Crippen LogP contribution in [0.2, 0.25) is 0 Å². The second-order valence-corrected chi connectivity index (χ2v) is 2.07. The maximum absolute atomic E-state index is 10.5. The van der Waals surface area contributed by atoms with E-state index in [-0.39, 0.29) is 12.4 Å². The second kappa shape index (κ2) is 12.8. The minimum absolute atomic E-state index is 0.0831. The monoisotopic (exact) mass is 170 g/mol. The molecule has 0 aliphatic carbocycles. The molecule has 0 spiro atoms. The number of ketones is 1. The summed E-state index contributed by atoms with van der Waals surface area (Å²) in [4.78, 5) is 10.5. The van der Waals surface area contributed by atoms with Crippen LogP contribution in [0.3, 0.4) is 0 Å². The molecule has 0 heterocycles. The van der Waals surface area contributed by atoms with Crippen molar-refractivity contribution in [3.63, 3.8) is 0 Å². The molecule has 0 rings (SSSR count). The molecular weight excluding hydrogens is 152 g/mol. The van der Waals surface area contributed by atoms with Gasteiger partial charge in [-0.05, 0) is 19.4 Å². The molecule has 2 nitrogen and oxygen atoms in total. The van der Waals surface area contributed by atoms with Crippen molar-refractivity contribution in [3.8, 4) is 0 Å². The molecule has 0 saturated heterocycles. The lowest BCUT2D eigenvalue weighted by atomic mass is 10.2. The summed E-state index contributed by atoms with van der Waals surface area (Å²) in [7, 11) is 0. The van der Waals surface area contributed by atoms with Gasteiger partial charge < -0.3 is 5.11 Å². The average molecular weight is 170 g/mol. The Labute approximate surface area is 74.6 Å². The highest BCUT2D eigenvalue weighted by atomic mass is 16.2. The highest BCUT2D eigenvalue weighted by Gasteiger charge is 1.86. The fourth-order valence-corrected chi connectivity index (χ4v) is 0.449. The zero-order valence-corrected chi connectivity index (χ0v) is 7.92. The molecular formula is C10H18O2. The Hall–Kier alpha value is -0.890. The summed E-state index contributed by atoms with van der Waals surface area (Å²) in [5, 5.41) is 7.57. The fourth-order valence-electron chi connectivity index (χ4n) is 0.449. The molecule has 0 aromatic carbocycles. The van der Waals surface area contributed by atoms with Crippen LogP contribution < -0.4 is 0 Å². The first-order chi connectivity index (χ1) is 5.72. The largest absolute Gasteiger partial charge is 0.397 e. The van der Waals surface area contributed by atoms with E-state index in [1.165, 1.54) is 6.08 Å². The van der Waals surface area contributed by atoms with Crippen molar-refractivity contribution < 1.29 is 9.90 Å². The lowest BCUT2D eigenvalue weighted by Crippen LogP contribution is -1.86. The van der Waals surface area contributed by atoms with E-state index in [9.17, 15) is 4.79 Å². The summed E-state index contributed by atoms with van der Waals surface area (Å²) in [5.41, 5.74) is 0. The van der Waals surface area contributed by atoms with Gasteiger partial charge in [0.15, 0.2) is 5.78 Å². The summed E-state index contributed by atoms with van der Waals surface area (Å²) in [5.74, 6) is 0.0831. The van der Waals surface area contributed by atoms with Crippen molar-refractivity contribution >= 4 is 5.78 Å². The molecule has 0 atom stereocenters.